The Hall–Kier alpha value is -0.630. The Morgan fingerprint density at radius 3 is 2.72 bits per heavy atom. The summed E-state index contributed by atoms with van der Waals surface area (Å²) in [6, 6.07) is 1.94. The van der Waals surface area contributed by atoms with Crippen molar-refractivity contribution in [2.45, 2.75) is 29.5 Å². The highest BCUT2D eigenvalue weighted by atomic mass is 35.5. The van der Waals surface area contributed by atoms with E-state index in [-0.39, 0.29) is 10.8 Å². The Bertz CT molecular complexity index is 554. The fraction of sp³-hybridized carbons (Fsp3) is 0.500. The molecule has 0 radical (unpaired) electrons. The summed E-state index contributed by atoms with van der Waals surface area (Å²) in [6.45, 7) is 0.245. The first-order chi connectivity index (χ1) is 8.43. The average Bonchev–Trinajstić information content (AvgIpc) is 2.76. The number of piperidine rings is 1. The van der Waals surface area contributed by atoms with Crippen LogP contribution in [-0.2, 0) is 14.8 Å². The molecule has 0 aromatic carbocycles. The molecule has 2 rings (SSSR count). The summed E-state index contributed by atoms with van der Waals surface area (Å²) in [5, 5.41) is 9.10. The molecule has 1 N–H and O–H groups in total. The first kappa shape index (κ1) is 13.8. The number of hydrogen-bond acceptors (Lipinski definition) is 4. The molecule has 1 atom stereocenters. The van der Waals surface area contributed by atoms with E-state index in [1.54, 1.807) is 0 Å². The number of carbonyl (C=O) groups is 1. The van der Waals surface area contributed by atoms with Gasteiger partial charge in [0.1, 0.15) is 10.3 Å². The number of carboxylic acid groups (broad SMARTS) is 1. The van der Waals surface area contributed by atoms with Crippen LogP contribution in [0.1, 0.15) is 19.3 Å². The lowest BCUT2D eigenvalue weighted by atomic mass is 10.1. The fourth-order valence-corrected chi connectivity index (χ4v) is 5.25. The third-order valence-electron chi connectivity index (χ3n) is 2.85. The van der Waals surface area contributed by atoms with Gasteiger partial charge < -0.3 is 5.11 Å². The van der Waals surface area contributed by atoms with Gasteiger partial charge >= 0.3 is 5.97 Å². The highest BCUT2D eigenvalue weighted by molar-refractivity contribution is 7.91. The number of nitrogens with zero attached hydrogens (tertiary/aromatic N) is 1. The lowest BCUT2D eigenvalue weighted by Gasteiger charge is -2.31. The molecule has 0 aliphatic carbocycles. The summed E-state index contributed by atoms with van der Waals surface area (Å²) in [4.78, 5) is 11.1. The van der Waals surface area contributed by atoms with Crippen LogP contribution < -0.4 is 0 Å². The number of halogens is 1. The zero-order valence-electron chi connectivity index (χ0n) is 9.37. The smallest absolute Gasteiger partial charge is 0.322 e. The molecule has 8 heteroatoms. The molecule has 18 heavy (non-hydrogen) atoms. The number of hydrogen-bond donors (Lipinski definition) is 1. The molecular formula is C10H12ClNO4S2. The topological polar surface area (TPSA) is 74.7 Å². The summed E-state index contributed by atoms with van der Waals surface area (Å²) < 4.78 is 26.2. The minimum atomic E-state index is -3.75. The minimum absolute atomic E-state index is 0.0978. The average molecular weight is 310 g/mol. The number of rotatable bonds is 3. The Morgan fingerprint density at radius 1 is 1.44 bits per heavy atom. The molecule has 0 amide bonds. The van der Waals surface area contributed by atoms with Crippen LogP contribution in [0.2, 0.25) is 4.34 Å². The van der Waals surface area contributed by atoms with Crippen molar-refractivity contribution in [1.82, 2.24) is 4.31 Å². The molecule has 0 bridgehead atoms. The van der Waals surface area contributed by atoms with Crippen molar-refractivity contribution in [3.8, 4) is 0 Å². The quantitative estimate of drug-likeness (QED) is 0.927. The first-order valence-electron chi connectivity index (χ1n) is 5.43. The second kappa shape index (κ2) is 5.16. The van der Waals surface area contributed by atoms with E-state index in [2.05, 4.69) is 0 Å². The van der Waals surface area contributed by atoms with Crippen molar-refractivity contribution in [3.63, 3.8) is 0 Å². The summed E-state index contributed by atoms with van der Waals surface area (Å²) in [5.74, 6) is -1.10. The molecule has 2 heterocycles. The van der Waals surface area contributed by atoms with Crippen molar-refractivity contribution in [3.05, 3.63) is 16.5 Å². The van der Waals surface area contributed by atoms with Crippen LogP contribution in [-0.4, -0.2) is 36.4 Å². The predicted octanol–water partition coefficient (Wildman–Crippen LogP) is 2.03. The molecule has 100 valence electrons. The van der Waals surface area contributed by atoms with Gasteiger partial charge in [-0.05, 0) is 31.4 Å². The number of sulfonamides is 1. The molecule has 5 nitrogen and oxygen atoms in total. The van der Waals surface area contributed by atoms with E-state index in [1.807, 2.05) is 0 Å². The zero-order chi connectivity index (χ0) is 13.3. The molecule has 1 aromatic rings. The van der Waals surface area contributed by atoms with Crippen LogP contribution in [0.5, 0.6) is 0 Å². The zero-order valence-corrected chi connectivity index (χ0v) is 11.8. The van der Waals surface area contributed by atoms with E-state index >= 15 is 0 Å². The SMILES string of the molecule is O=C(O)[C@H]1CCCCN1S(=O)(=O)c1ccc(Cl)s1. The molecule has 1 aromatic heterocycles. The third-order valence-corrected chi connectivity index (χ3v) is 6.46. The van der Waals surface area contributed by atoms with Gasteiger partial charge in [0, 0.05) is 6.54 Å². The first-order valence-corrected chi connectivity index (χ1v) is 8.06. The molecule has 0 unspecified atom stereocenters. The summed E-state index contributed by atoms with van der Waals surface area (Å²) in [6.07, 6.45) is 1.77. The van der Waals surface area contributed by atoms with Crippen LogP contribution >= 0.6 is 22.9 Å². The van der Waals surface area contributed by atoms with Crippen LogP contribution in [0.3, 0.4) is 0 Å². The maximum atomic E-state index is 12.3. The Kier molecular flexibility index (Phi) is 3.96. The van der Waals surface area contributed by atoms with Crippen molar-refractivity contribution < 1.29 is 18.3 Å². The van der Waals surface area contributed by atoms with E-state index < -0.39 is 22.0 Å². The Labute approximate surface area is 114 Å². The van der Waals surface area contributed by atoms with Crippen molar-refractivity contribution in [2.24, 2.45) is 0 Å². The highest BCUT2D eigenvalue weighted by Gasteiger charge is 2.38. The second-order valence-corrected chi connectivity index (χ2v) is 7.86. The van der Waals surface area contributed by atoms with E-state index in [0.29, 0.717) is 17.2 Å². The van der Waals surface area contributed by atoms with E-state index in [4.69, 9.17) is 16.7 Å². The van der Waals surface area contributed by atoms with Crippen LogP contribution in [0, 0.1) is 0 Å². The molecule has 1 aliphatic rings. The molecular weight excluding hydrogens is 298 g/mol. The van der Waals surface area contributed by atoms with Gasteiger partial charge in [0.2, 0.25) is 0 Å². The fourth-order valence-electron chi connectivity index (χ4n) is 1.99. The second-order valence-electron chi connectivity index (χ2n) is 4.02. The molecule has 0 saturated carbocycles. The summed E-state index contributed by atoms with van der Waals surface area (Å²) >= 11 is 6.67. The van der Waals surface area contributed by atoms with Gasteiger partial charge in [-0.1, -0.05) is 11.6 Å². The summed E-state index contributed by atoms with van der Waals surface area (Å²) in [7, 11) is -3.75. The Balaban J connectivity index is 2.36. The van der Waals surface area contributed by atoms with E-state index in [0.717, 1.165) is 22.1 Å². The molecule has 1 fully saturated rings. The Morgan fingerprint density at radius 2 is 2.17 bits per heavy atom. The standard InChI is InChI=1S/C10H12ClNO4S2/c11-8-4-5-9(17-8)18(15,16)12-6-2-1-3-7(12)10(13)14/h4-5,7H,1-3,6H2,(H,13,14)/t7-/m1/s1. The number of thiophene rings is 1. The molecule has 1 aliphatic heterocycles. The highest BCUT2D eigenvalue weighted by Crippen LogP contribution is 2.31. The normalized spacial score (nSPS) is 21.9. The van der Waals surface area contributed by atoms with Crippen molar-refractivity contribution in [1.29, 1.82) is 0 Å². The van der Waals surface area contributed by atoms with Gasteiger partial charge in [0.05, 0.1) is 4.34 Å². The van der Waals surface area contributed by atoms with Crippen LogP contribution in [0.25, 0.3) is 0 Å². The van der Waals surface area contributed by atoms with E-state index in [1.165, 1.54) is 12.1 Å². The molecule has 0 spiro atoms. The lowest BCUT2D eigenvalue weighted by Crippen LogP contribution is -2.47. The largest absolute Gasteiger partial charge is 0.480 e. The van der Waals surface area contributed by atoms with E-state index in [9.17, 15) is 13.2 Å². The van der Waals surface area contributed by atoms with Gasteiger partial charge in [-0.25, -0.2) is 8.42 Å². The van der Waals surface area contributed by atoms with Crippen LogP contribution in [0.15, 0.2) is 16.3 Å². The van der Waals surface area contributed by atoms with Gasteiger partial charge in [-0.15, -0.1) is 11.3 Å². The van der Waals surface area contributed by atoms with Crippen LogP contribution in [0.4, 0.5) is 0 Å². The van der Waals surface area contributed by atoms with Gasteiger partial charge in [0.25, 0.3) is 10.0 Å². The molecule has 1 saturated heterocycles. The monoisotopic (exact) mass is 309 g/mol. The minimum Gasteiger partial charge on any atom is -0.480 e. The van der Waals surface area contributed by atoms with Crippen molar-refractivity contribution >= 4 is 38.9 Å². The third kappa shape index (κ3) is 2.54. The van der Waals surface area contributed by atoms with Gasteiger partial charge in [-0.3, -0.25) is 4.79 Å². The van der Waals surface area contributed by atoms with Gasteiger partial charge in [0.15, 0.2) is 0 Å². The number of carboxylic acids is 1. The maximum absolute atomic E-state index is 12.3. The lowest BCUT2D eigenvalue weighted by molar-refractivity contribution is -0.142. The van der Waals surface area contributed by atoms with Crippen molar-refractivity contribution in [2.75, 3.05) is 6.54 Å². The summed E-state index contributed by atoms with van der Waals surface area (Å²) in [5.41, 5.74) is 0. The predicted molar refractivity (Wildman–Crippen MR) is 68.5 cm³/mol. The number of aliphatic carboxylic acids is 1. The van der Waals surface area contributed by atoms with Gasteiger partial charge in [-0.2, -0.15) is 4.31 Å². The maximum Gasteiger partial charge on any atom is 0.322 e.